The van der Waals surface area contributed by atoms with Gasteiger partial charge in [-0.1, -0.05) is 6.07 Å². The summed E-state index contributed by atoms with van der Waals surface area (Å²) in [6, 6.07) is 11.5. The molecule has 24 heavy (non-hydrogen) atoms. The number of ether oxygens (including phenoxy) is 4. The van der Waals surface area contributed by atoms with E-state index in [9.17, 15) is 4.79 Å². The second kappa shape index (κ2) is 6.54. The van der Waals surface area contributed by atoms with E-state index in [1.165, 1.54) is 20.3 Å². The minimum absolute atomic E-state index is 0.0658. The summed E-state index contributed by atoms with van der Waals surface area (Å²) in [6.45, 7) is 0. The quantitative estimate of drug-likeness (QED) is 0.713. The van der Waals surface area contributed by atoms with Gasteiger partial charge in [0.25, 0.3) is 5.95 Å². The maximum absolute atomic E-state index is 12.4. The first-order valence-electron chi connectivity index (χ1n) is 7.16. The molecule has 0 bridgehead atoms. The number of methoxy groups -OCH3 is 3. The average molecular weight is 328 g/mol. The van der Waals surface area contributed by atoms with Gasteiger partial charge in [-0.05, 0) is 12.1 Å². The topological polar surface area (TPSA) is 67.1 Å². The normalized spacial score (nSPS) is 10.5. The molecule has 0 saturated carbocycles. The van der Waals surface area contributed by atoms with Crippen LogP contribution in [0.1, 0.15) is 0 Å². The van der Waals surface area contributed by atoms with E-state index in [0.717, 1.165) is 0 Å². The van der Waals surface area contributed by atoms with Crippen molar-refractivity contribution in [3.05, 3.63) is 52.7 Å². The Balaban J connectivity index is 2.08. The lowest BCUT2D eigenvalue weighted by Crippen LogP contribution is -2.03. The molecule has 0 aliphatic carbocycles. The second-order valence-electron chi connectivity index (χ2n) is 4.91. The lowest BCUT2D eigenvalue weighted by molar-refractivity contribution is 0.348. The molecule has 0 N–H and O–H groups in total. The third kappa shape index (κ3) is 2.99. The number of fused-ring (bicyclic) bond motifs is 1. The van der Waals surface area contributed by atoms with Gasteiger partial charge >= 0.3 is 0 Å². The molecule has 6 nitrogen and oxygen atoms in total. The van der Waals surface area contributed by atoms with E-state index < -0.39 is 0 Å². The fourth-order valence-electron chi connectivity index (χ4n) is 2.32. The zero-order valence-electron chi connectivity index (χ0n) is 13.5. The van der Waals surface area contributed by atoms with Crippen LogP contribution < -0.4 is 24.4 Å². The molecule has 0 radical (unpaired) electrons. The molecule has 0 aliphatic rings. The van der Waals surface area contributed by atoms with Crippen LogP contribution in [-0.4, -0.2) is 21.3 Å². The molecule has 0 amide bonds. The monoisotopic (exact) mass is 328 g/mol. The third-order valence-electron chi connectivity index (χ3n) is 3.46. The zero-order chi connectivity index (χ0) is 17.1. The molecule has 3 aromatic rings. The Kier molecular flexibility index (Phi) is 4.29. The molecular formula is C18H16O6. The predicted octanol–water partition coefficient (Wildman–Crippen LogP) is 3.61. The van der Waals surface area contributed by atoms with Crippen molar-refractivity contribution in [2.24, 2.45) is 0 Å². The highest BCUT2D eigenvalue weighted by Crippen LogP contribution is 2.32. The summed E-state index contributed by atoms with van der Waals surface area (Å²) in [7, 11) is 4.57. The Hall–Kier alpha value is -3.15. The van der Waals surface area contributed by atoms with Gasteiger partial charge in [0.2, 0.25) is 0 Å². The van der Waals surface area contributed by atoms with Gasteiger partial charge in [-0.15, -0.1) is 0 Å². The van der Waals surface area contributed by atoms with Gasteiger partial charge in [0.15, 0.2) is 5.43 Å². The lowest BCUT2D eigenvalue weighted by atomic mass is 10.2. The first-order valence-corrected chi connectivity index (χ1v) is 7.16. The molecule has 1 heterocycles. The average Bonchev–Trinajstić information content (AvgIpc) is 2.60. The summed E-state index contributed by atoms with van der Waals surface area (Å²) < 4.78 is 26.9. The molecule has 124 valence electrons. The molecule has 0 fully saturated rings. The summed E-state index contributed by atoms with van der Waals surface area (Å²) >= 11 is 0. The molecule has 0 saturated heterocycles. The van der Waals surface area contributed by atoms with Gasteiger partial charge < -0.3 is 23.4 Å². The van der Waals surface area contributed by atoms with Crippen molar-refractivity contribution < 1.29 is 23.4 Å². The zero-order valence-corrected chi connectivity index (χ0v) is 13.5. The highest BCUT2D eigenvalue weighted by Gasteiger charge is 2.14. The number of benzene rings is 2. The fourth-order valence-corrected chi connectivity index (χ4v) is 2.32. The van der Waals surface area contributed by atoms with Gasteiger partial charge in [-0.3, -0.25) is 4.79 Å². The van der Waals surface area contributed by atoms with Crippen LogP contribution in [0.4, 0.5) is 0 Å². The summed E-state index contributed by atoms with van der Waals surface area (Å²) in [5, 5.41) is 0.330. The van der Waals surface area contributed by atoms with Crippen molar-refractivity contribution in [3.8, 4) is 28.9 Å². The molecule has 1 aromatic heterocycles. The highest BCUT2D eigenvalue weighted by molar-refractivity contribution is 5.85. The van der Waals surface area contributed by atoms with Crippen LogP contribution in [0, 0.1) is 0 Å². The molecule has 0 aliphatic heterocycles. The van der Waals surface area contributed by atoms with Crippen LogP contribution in [0.3, 0.4) is 0 Å². The summed E-state index contributed by atoms with van der Waals surface area (Å²) in [5.41, 5.74) is 0.0465. The fraction of sp³-hybridized carbons (Fsp3) is 0.167. The van der Waals surface area contributed by atoms with Gasteiger partial charge in [0.1, 0.15) is 34.0 Å². The summed E-state index contributed by atoms with van der Waals surface area (Å²) in [4.78, 5) is 12.4. The van der Waals surface area contributed by atoms with Crippen LogP contribution in [0.2, 0.25) is 0 Å². The van der Waals surface area contributed by atoms with Crippen molar-refractivity contribution >= 4 is 11.0 Å². The molecule has 0 unspecified atom stereocenters. The molecule has 3 rings (SSSR count). The van der Waals surface area contributed by atoms with Crippen molar-refractivity contribution in [1.29, 1.82) is 0 Å². The number of hydrogen-bond donors (Lipinski definition) is 0. The second-order valence-corrected chi connectivity index (χ2v) is 4.91. The van der Waals surface area contributed by atoms with Crippen LogP contribution in [0.25, 0.3) is 11.0 Å². The molecule has 2 aromatic carbocycles. The van der Waals surface area contributed by atoms with Crippen LogP contribution >= 0.6 is 0 Å². The largest absolute Gasteiger partial charge is 0.497 e. The maximum atomic E-state index is 12.4. The minimum Gasteiger partial charge on any atom is -0.497 e. The van der Waals surface area contributed by atoms with E-state index in [4.69, 9.17) is 23.4 Å². The van der Waals surface area contributed by atoms with E-state index in [1.807, 2.05) is 0 Å². The minimum atomic E-state index is -0.270. The van der Waals surface area contributed by atoms with Crippen LogP contribution in [0.15, 0.2) is 51.7 Å². The first kappa shape index (κ1) is 15.7. The number of hydrogen-bond acceptors (Lipinski definition) is 6. The lowest BCUT2D eigenvalue weighted by Gasteiger charge is -2.10. The van der Waals surface area contributed by atoms with Gasteiger partial charge in [0.05, 0.1) is 27.4 Å². The molecule has 0 spiro atoms. The first-order chi connectivity index (χ1) is 11.6. The Labute approximate surface area is 138 Å². The maximum Gasteiger partial charge on any atom is 0.294 e. The van der Waals surface area contributed by atoms with Crippen LogP contribution in [0.5, 0.6) is 28.9 Å². The van der Waals surface area contributed by atoms with E-state index in [1.54, 1.807) is 43.5 Å². The SMILES string of the molecule is COc1cccc(Oc2cc(=O)c3c(OC)cc(OC)cc3o2)c1. The van der Waals surface area contributed by atoms with Crippen LogP contribution in [-0.2, 0) is 0 Å². The Morgan fingerprint density at radius 3 is 2.29 bits per heavy atom. The predicted molar refractivity (Wildman–Crippen MR) is 88.7 cm³/mol. The van der Waals surface area contributed by atoms with Crippen molar-refractivity contribution in [1.82, 2.24) is 0 Å². The van der Waals surface area contributed by atoms with E-state index in [0.29, 0.717) is 34.0 Å². The highest BCUT2D eigenvalue weighted by atomic mass is 16.6. The Morgan fingerprint density at radius 1 is 0.833 bits per heavy atom. The van der Waals surface area contributed by atoms with Gasteiger partial charge in [-0.25, -0.2) is 0 Å². The molecule has 0 atom stereocenters. The summed E-state index contributed by atoms with van der Waals surface area (Å²) in [5.74, 6) is 2.09. The number of rotatable bonds is 5. The van der Waals surface area contributed by atoms with E-state index in [-0.39, 0.29) is 11.4 Å². The van der Waals surface area contributed by atoms with Gasteiger partial charge in [-0.2, -0.15) is 0 Å². The van der Waals surface area contributed by atoms with E-state index in [2.05, 4.69) is 0 Å². The standard InChI is InChI=1S/C18H16O6/c1-20-11-5-4-6-12(7-11)23-17-10-14(19)18-15(22-3)8-13(21-2)9-16(18)24-17/h4-10H,1-3H3. The van der Waals surface area contributed by atoms with Crippen molar-refractivity contribution in [2.75, 3.05) is 21.3 Å². The summed E-state index contributed by atoms with van der Waals surface area (Å²) in [6.07, 6.45) is 0. The Morgan fingerprint density at radius 2 is 1.58 bits per heavy atom. The van der Waals surface area contributed by atoms with Crippen molar-refractivity contribution in [3.63, 3.8) is 0 Å². The Bertz CT molecular complexity index is 928. The van der Waals surface area contributed by atoms with E-state index >= 15 is 0 Å². The smallest absolute Gasteiger partial charge is 0.294 e. The molecular weight excluding hydrogens is 312 g/mol. The van der Waals surface area contributed by atoms with Crippen molar-refractivity contribution in [2.45, 2.75) is 0 Å². The van der Waals surface area contributed by atoms with Gasteiger partial charge in [0, 0.05) is 18.2 Å². The molecule has 6 heteroatoms. The third-order valence-corrected chi connectivity index (χ3v) is 3.46.